The van der Waals surface area contributed by atoms with Crippen molar-refractivity contribution in [1.82, 2.24) is 5.32 Å². The van der Waals surface area contributed by atoms with E-state index in [0.29, 0.717) is 37.1 Å². The van der Waals surface area contributed by atoms with Crippen LogP contribution in [0.2, 0.25) is 0 Å². The number of Topliss-reactive ketones (excluding diaryl/α,β-unsaturated/α-hetero) is 1. The Morgan fingerprint density at radius 2 is 1.20 bits per heavy atom. The van der Waals surface area contributed by atoms with E-state index in [-0.39, 0.29) is 42.1 Å². The maximum atomic E-state index is 13.9. The Bertz CT molecular complexity index is 2190. The predicted molar refractivity (Wildman–Crippen MR) is 232 cm³/mol. The van der Waals surface area contributed by atoms with Crippen LogP contribution < -0.4 is 15.4 Å². The number of rotatable bonds is 20. The normalized spacial score (nSPS) is 12.2. The molecule has 0 radical (unpaired) electrons. The number of anilines is 1. The standard InChI is InChI=1S/C50H49N3O7/c1-37(34-38-16-6-2-7-17-38)47(54)35-40(48(55)52-44-27-25-39(26-28-44)36-59-49(56)60-46-31-29-45(30-32-46)53(57)58)18-14-15-33-51-50(41-19-8-3-9-20-41,42-21-10-4-11-22-42)43-23-12-5-13-24-43/h2-13,16-17,19-32,37,40,51H,14-15,18,33-36H2,1H3,(H,52,55)/t37-,40+/m0/s1. The summed E-state index contributed by atoms with van der Waals surface area (Å²) in [4.78, 5) is 50.2. The first-order valence-corrected chi connectivity index (χ1v) is 20.2. The third-order valence-corrected chi connectivity index (χ3v) is 10.6. The van der Waals surface area contributed by atoms with Crippen molar-refractivity contribution in [3.63, 3.8) is 0 Å². The fraction of sp³-hybridized carbons (Fsp3) is 0.220. The number of nitro groups is 1. The summed E-state index contributed by atoms with van der Waals surface area (Å²) < 4.78 is 10.3. The maximum absolute atomic E-state index is 13.9. The van der Waals surface area contributed by atoms with Crippen LogP contribution in [0.3, 0.4) is 0 Å². The molecule has 0 unspecified atom stereocenters. The van der Waals surface area contributed by atoms with E-state index >= 15 is 0 Å². The van der Waals surface area contributed by atoms with Gasteiger partial charge in [0.25, 0.3) is 5.69 Å². The number of unbranched alkanes of at least 4 members (excludes halogenated alkanes) is 1. The van der Waals surface area contributed by atoms with Gasteiger partial charge in [-0.3, -0.25) is 25.0 Å². The van der Waals surface area contributed by atoms with Crippen molar-refractivity contribution in [2.24, 2.45) is 11.8 Å². The number of carbonyl (C=O) groups is 3. The molecule has 10 nitrogen and oxygen atoms in total. The quantitative estimate of drug-likeness (QED) is 0.0194. The summed E-state index contributed by atoms with van der Waals surface area (Å²) in [6.45, 7) is 2.49. The van der Waals surface area contributed by atoms with E-state index in [1.807, 2.05) is 55.5 Å². The second-order valence-electron chi connectivity index (χ2n) is 14.8. The number of nitrogens with zero attached hydrogens (tertiary/aromatic N) is 1. The number of ketones is 1. The molecule has 0 saturated carbocycles. The van der Waals surface area contributed by atoms with E-state index in [1.54, 1.807) is 24.3 Å². The first-order chi connectivity index (χ1) is 29.2. The smallest absolute Gasteiger partial charge is 0.429 e. The fourth-order valence-corrected chi connectivity index (χ4v) is 7.35. The van der Waals surface area contributed by atoms with Gasteiger partial charge in [0.1, 0.15) is 18.1 Å². The van der Waals surface area contributed by atoms with Gasteiger partial charge in [0.15, 0.2) is 0 Å². The summed E-state index contributed by atoms with van der Waals surface area (Å²) in [6.07, 6.45) is 1.77. The number of benzene rings is 6. The van der Waals surface area contributed by atoms with Crippen LogP contribution in [-0.4, -0.2) is 29.3 Å². The third-order valence-electron chi connectivity index (χ3n) is 10.6. The van der Waals surface area contributed by atoms with E-state index in [1.165, 1.54) is 24.3 Å². The number of carbonyl (C=O) groups excluding carboxylic acids is 3. The Kier molecular flexibility index (Phi) is 15.1. The summed E-state index contributed by atoms with van der Waals surface area (Å²) in [5.74, 6) is -0.872. The molecule has 6 rings (SSSR count). The van der Waals surface area contributed by atoms with Crippen LogP contribution >= 0.6 is 0 Å². The molecule has 6 aromatic carbocycles. The zero-order valence-electron chi connectivity index (χ0n) is 33.6. The Morgan fingerprint density at radius 1 is 0.667 bits per heavy atom. The van der Waals surface area contributed by atoms with Crippen molar-refractivity contribution in [3.8, 4) is 5.75 Å². The number of amides is 1. The molecule has 0 bridgehead atoms. The molecule has 0 fully saturated rings. The molecule has 10 heteroatoms. The maximum Gasteiger partial charge on any atom is 0.514 e. The summed E-state index contributed by atoms with van der Waals surface area (Å²) in [7, 11) is 0. The van der Waals surface area contributed by atoms with Crippen LogP contribution in [0.5, 0.6) is 5.75 Å². The topological polar surface area (TPSA) is 137 Å². The highest BCUT2D eigenvalue weighted by Gasteiger charge is 2.35. The van der Waals surface area contributed by atoms with Crippen molar-refractivity contribution in [3.05, 3.63) is 208 Å². The molecule has 0 aromatic heterocycles. The van der Waals surface area contributed by atoms with Crippen LogP contribution in [-0.2, 0) is 32.9 Å². The van der Waals surface area contributed by atoms with E-state index in [4.69, 9.17) is 9.47 Å². The highest BCUT2D eigenvalue weighted by molar-refractivity contribution is 5.95. The van der Waals surface area contributed by atoms with Gasteiger partial charge in [0.2, 0.25) is 5.91 Å². The van der Waals surface area contributed by atoms with Gasteiger partial charge in [-0.05, 0) is 77.9 Å². The molecule has 60 heavy (non-hydrogen) atoms. The monoisotopic (exact) mass is 803 g/mol. The van der Waals surface area contributed by atoms with E-state index < -0.39 is 22.5 Å². The number of nitrogens with one attached hydrogen (secondary N) is 2. The Balaban J connectivity index is 1.10. The van der Waals surface area contributed by atoms with Crippen molar-refractivity contribution in [1.29, 1.82) is 0 Å². The Morgan fingerprint density at radius 3 is 1.73 bits per heavy atom. The van der Waals surface area contributed by atoms with Gasteiger partial charge in [-0.15, -0.1) is 0 Å². The Hall–Kier alpha value is -6.91. The van der Waals surface area contributed by atoms with Crippen LogP contribution in [0, 0.1) is 22.0 Å². The molecule has 1 amide bonds. The minimum absolute atomic E-state index is 0.0430. The van der Waals surface area contributed by atoms with E-state index in [2.05, 4.69) is 83.4 Å². The fourth-order valence-electron chi connectivity index (χ4n) is 7.35. The van der Waals surface area contributed by atoms with Crippen molar-refractivity contribution in [2.75, 3.05) is 11.9 Å². The largest absolute Gasteiger partial charge is 0.514 e. The second-order valence-corrected chi connectivity index (χ2v) is 14.8. The van der Waals surface area contributed by atoms with Gasteiger partial charge in [-0.2, -0.15) is 0 Å². The number of non-ortho nitro benzene ring substituents is 1. The number of hydrogen-bond donors (Lipinski definition) is 2. The van der Waals surface area contributed by atoms with Gasteiger partial charge in [-0.25, -0.2) is 4.79 Å². The minimum Gasteiger partial charge on any atom is -0.429 e. The predicted octanol–water partition coefficient (Wildman–Crippen LogP) is 10.5. The van der Waals surface area contributed by atoms with E-state index in [0.717, 1.165) is 28.7 Å². The summed E-state index contributed by atoms with van der Waals surface area (Å²) >= 11 is 0. The van der Waals surface area contributed by atoms with Gasteiger partial charge >= 0.3 is 6.16 Å². The SMILES string of the molecule is C[C@@H](Cc1ccccc1)C(=O)C[C@@H](CCCCNC(c1ccccc1)(c1ccccc1)c1ccccc1)C(=O)Nc1ccc(COC(=O)Oc2ccc([N+](=O)[O-])cc2)cc1. The highest BCUT2D eigenvalue weighted by Crippen LogP contribution is 2.37. The highest BCUT2D eigenvalue weighted by atomic mass is 16.7. The average Bonchev–Trinajstić information content (AvgIpc) is 3.28. The molecule has 0 saturated heterocycles. The van der Waals surface area contributed by atoms with Crippen LogP contribution in [0.15, 0.2) is 170 Å². The molecule has 6 aromatic rings. The number of hydrogen-bond acceptors (Lipinski definition) is 8. The average molecular weight is 804 g/mol. The molecule has 0 spiro atoms. The van der Waals surface area contributed by atoms with Gasteiger partial charge in [0, 0.05) is 36.1 Å². The van der Waals surface area contributed by atoms with Crippen molar-refractivity contribution in [2.45, 2.75) is 51.2 Å². The second kappa shape index (κ2) is 21.2. The molecule has 0 aliphatic rings. The van der Waals surface area contributed by atoms with Crippen molar-refractivity contribution >= 4 is 29.2 Å². The number of nitro benzene ring substituents is 1. The van der Waals surface area contributed by atoms with E-state index in [9.17, 15) is 24.5 Å². The molecule has 0 heterocycles. The lowest BCUT2D eigenvalue weighted by atomic mass is 9.77. The summed E-state index contributed by atoms with van der Waals surface area (Å²) in [5, 5.41) is 17.8. The lowest BCUT2D eigenvalue weighted by Gasteiger charge is -2.37. The molecular formula is C50H49N3O7. The molecule has 2 N–H and O–H groups in total. The van der Waals surface area contributed by atoms with Gasteiger partial charge in [0.05, 0.1) is 10.5 Å². The van der Waals surface area contributed by atoms with Gasteiger partial charge in [-0.1, -0.05) is 147 Å². The molecule has 2 atom stereocenters. The van der Waals surface area contributed by atoms with Crippen molar-refractivity contribution < 1.29 is 28.8 Å². The summed E-state index contributed by atoms with van der Waals surface area (Å²) in [5.41, 5.74) is 4.92. The lowest BCUT2D eigenvalue weighted by molar-refractivity contribution is -0.384. The molecule has 306 valence electrons. The van der Waals surface area contributed by atoms with Gasteiger partial charge < -0.3 is 14.8 Å². The minimum atomic E-state index is -0.962. The molecule has 0 aliphatic carbocycles. The van der Waals surface area contributed by atoms with Crippen LogP contribution in [0.4, 0.5) is 16.2 Å². The molecular weight excluding hydrogens is 755 g/mol. The lowest BCUT2D eigenvalue weighted by Crippen LogP contribution is -2.45. The molecule has 0 aliphatic heterocycles. The zero-order valence-corrected chi connectivity index (χ0v) is 33.6. The van der Waals surface area contributed by atoms with Crippen LogP contribution in [0.25, 0.3) is 0 Å². The summed E-state index contributed by atoms with van der Waals surface area (Å²) in [6, 6.07) is 53.1. The number of ether oxygens (including phenoxy) is 2. The third kappa shape index (κ3) is 11.6. The zero-order chi connectivity index (χ0) is 42.2. The first kappa shape index (κ1) is 42.7. The Labute approximate surface area is 350 Å². The first-order valence-electron chi connectivity index (χ1n) is 20.2. The van der Waals surface area contributed by atoms with Crippen LogP contribution in [0.1, 0.15) is 60.4 Å².